The van der Waals surface area contributed by atoms with Crippen LogP contribution >= 0.6 is 0 Å². The summed E-state index contributed by atoms with van der Waals surface area (Å²) in [5.74, 6) is 0.578. The van der Waals surface area contributed by atoms with Gasteiger partial charge in [-0.3, -0.25) is 9.69 Å². The standard InChI is InChI=1S/C20H23N3O3/c1-3-26-18-9-7-17(8-10-18)23-12-11-22(20(23)25)14-19(24)21-16-6-4-5-15(2)13-16/h4-10,13H,3,11-12,14H2,1-2H3,(H,21,24). The van der Waals surface area contributed by atoms with Crippen molar-refractivity contribution in [2.75, 3.05) is 36.5 Å². The molecule has 0 spiro atoms. The predicted molar refractivity (Wildman–Crippen MR) is 102 cm³/mol. The molecule has 1 aliphatic rings. The molecule has 3 amide bonds. The zero-order valence-corrected chi connectivity index (χ0v) is 15.1. The van der Waals surface area contributed by atoms with E-state index >= 15 is 0 Å². The molecule has 1 fully saturated rings. The highest BCUT2D eigenvalue weighted by Crippen LogP contribution is 2.23. The van der Waals surface area contributed by atoms with Crippen molar-refractivity contribution < 1.29 is 14.3 Å². The molecule has 2 aromatic carbocycles. The molecule has 0 bridgehead atoms. The molecule has 0 unspecified atom stereocenters. The van der Waals surface area contributed by atoms with Crippen molar-refractivity contribution in [3.63, 3.8) is 0 Å². The maximum Gasteiger partial charge on any atom is 0.325 e. The second-order valence-electron chi connectivity index (χ2n) is 6.20. The van der Waals surface area contributed by atoms with Crippen LogP contribution in [0.25, 0.3) is 0 Å². The smallest absolute Gasteiger partial charge is 0.325 e. The van der Waals surface area contributed by atoms with Crippen molar-refractivity contribution in [2.45, 2.75) is 13.8 Å². The Morgan fingerprint density at radius 1 is 1.15 bits per heavy atom. The van der Waals surface area contributed by atoms with Crippen molar-refractivity contribution >= 4 is 23.3 Å². The van der Waals surface area contributed by atoms with Crippen LogP contribution in [-0.2, 0) is 4.79 Å². The molecule has 2 aromatic rings. The van der Waals surface area contributed by atoms with Gasteiger partial charge in [-0.2, -0.15) is 0 Å². The Balaban J connectivity index is 1.59. The van der Waals surface area contributed by atoms with Gasteiger partial charge >= 0.3 is 6.03 Å². The number of carbonyl (C=O) groups is 2. The van der Waals surface area contributed by atoms with Gasteiger partial charge in [0.05, 0.1) is 6.61 Å². The minimum absolute atomic E-state index is 0.0420. The third-order valence-corrected chi connectivity index (χ3v) is 4.19. The number of urea groups is 1. The van der Waals surface area contributed by atoms with Crippen LogP contribution in [-0.4, -0.2) is 43.1 Å². The molecule has 1 heterocycles. The molecule has 0 radical (unpaired) electrons. The van der Waals surface area contributed by atoms with E-state index in [1.54, 1.807) is 9.80 Å². The van der Waals surface area contributed by atoms with Gasteiger partial charge in [-0.25, -0.2) is 4.79 Å². The Bertz CT molecular complexity index is 789. The molecule has 6 nitrogen and oxygen atoms in total. The molecule has 0 aliphatic carbocycles. The first-order chi connectivity index (χ1) is 12.6. The maximum atomic E-state index is 12.6. The summed E-state index contributed by atoms with van der Waals surface area (Å²) in [4.78, 5) is 28.1. The van der Waals surface area contributed by atoms with E-state index in [1.807, 2.05) is 62.4 Å². The number of aryl methyl sites for hydroxylation is 1. The second kappa shape index (κ2) is 7.91. The van der Waals surface area contributed by atoms with Crippen LogP contribution in [0.2, 0.25) is 0 Å². The minimum atomic E-state index is -0.197. The molecule has 136 valence electrons. The molecule has 0 aromatic heterocycles. The van der Waals surface area contributed by atoms with Crippen LogP contribution < -0.4 is 15.0 Å². The molecule has 0 saturated carbocycles. The number of ether oxygens (including phenoxy) is 1. The lowest BCUT2D eigenvalue weighted by Gasteiger charge is -2.19. The topological polar surface area (TPSA) is 61.9 Å². The van der Waals surface area contributed by atoms with E-state index in [-0.39, 0.29) is 18.5 Å². The fraction of sp³-hybridized carbons (Fsp3) is 0.300. The number of rotatable bonds is 6. The largest absolute Gasteiger partial charge is 0.494 e. The third kappa shape index (κ3) is 4.14. The van der Waals surface area contributed by atoms with Crippen molar-refractivity contribution in [1.82, 2.24) is 4.90 Å². The zero-order chi connectivity index (χ0) is 18.5. The van der Waals surface area contributed by atoms with Gasteiger partial charge < -0.3 is 15.0 Å². The van der Waals surface area contributed by atoms with Crippen molar-refractivity contribution in [1.29, 1.82) is 0 Å². The average molecular weight is 353 g/mol. The van der Waals surface area contributed by atoms with Gasteiger partial charge in [0.25, 0.3) is 0 Å². The highest BCUT2D eigenvalue weighted by atomic mass is 16.5. The summed E-state index contributed by atoms with van der Waals surface area (Å²) in [7, 11) is 0. The molecule has 26 heavy (non-hydrogen) atoms. The number of hydrogen-bond acceptors (Lipinski definition) is 3. The highest BCUT2D eigenvalue weighted by Gasteiger charge is 2.30. The zero-order valence-electron chi connectivity index (χ0n) is 15.1. The fourth-order valence-corrected chi connectivity index (χ4v) is 2.95. The van der Waals surface area contributed by atoms with Crippen LogP contribution in [0, 0.1) is 6.92 Å². The van der Waals surface area contributed by atoms with Gasteiger partial charge in [-0.15, -0.1) is 0 Å². The van der Waals surface area contributed by atoms with Gasteiger partial charge in [0.1, 0.15) is 12.3 Å². The Morgan fingerprint density at radius 2 is 1.92 bits per heavy atom. The van der Waals surface area contributed by atoms with E-state index in [9.17, 15) is 9.59 Å². The van der Waals surface area contributed by atoms with E-state index in [0.29, 0.717) is 19.7 Å². The number of nitrogens with one attached hydrogen (secondary N) is 1. The molecule has 3 rings (SSSR count). The molecule has 1 saturated heterocycles. The first kappa shape index (κ1) is 17.8. The van der Waals surface area contributed by atoms with E-state index in [1.165, 1.54) is 0 Å². The first-order valence-corrected chi connectivity index (χ1v) is 8.72. The normalized spacial score (nSPS) is 13.8. The first-order valence-electron chi connectivity index (χ1n) is 8.72. The number of carbonyl (C=O) groups excluding carboxylic acids is 2. The van der Waals surface area contributed by atoms with Crippen LogP contribution in [0.1, 0.15) is 12.5 Å². The number of benzene rings is 2. The highest BCUT2D eigenvalue weighted by molar-refractivity contribution is 5.99. The van der Waals surface area contributed by atoms with Gasteiger partial charge in [0, 0.05) is 24.5 Å². The number of nitrogens with zero attached hydrogens (tertiary/aromatic N) is 2. The Labute approximate surface area is 153 Å². The SMILES string of the molecule is CCOc1ccc(N2CCN(CC(=O)Nc3cccc(C)c3)C2=O)cc1. The van der Waals surface area contributed by atoms with Gasteiger partial charge in [-0.05, 0) is 55.8 Å². The van der Waals surface area contributed by atoms with E-state index in [2.05, 4.69) is 5.32 Å². The van der Waals surface area contributed by atoms with Crippen LogP contribution in [0.3, 0.4) is 0 Å². The van der Waals surface area contributed by atoms with E-state index in [4.69, 9.17) is 4.74 Å². The fourth-order valence-electron chi connectivity index (χ4n) is 2.95. The molecule has 1 N–H and O–H groups in total. The Hall–Kier alpha value is -3.02. The van der Waals surface area contributed by atoms with Crippen molar-refractivity contribution in [3.05, 3.63) is 54.1 Å². The molecule has 0 atom stereocenters. The minimum Gasteiger partial charge on any atom is -0.494 e. The van der Waals surface area contributed by atoms with Gasteiger partial charge in [0.2, 0.25) is 5.91 Å². The van der Waals surface area contributed by atoms with Crippen molar-refractivity contribution in [2.24, 2.45) is 0 Å². The molecular formula is C20H23N3O3. The quantitative estimate of drug-likeness (QED) is 0.867. The number of anilines is 2. The number of amides is 3. The molecule has 1 aliphatic heterocycles. The lowest BCUT2D eigenvalue weighted by atomic mass is 10.2. The summed E-state index contributed by atoms with van der Waals surface area (Å²) in [5, 5.41) is 2.84. The monoisotopic (exact) mass is 353 g/mol. The van der Waals surface area contributed by atoms with Gasteiger partial charge in [-0.1, -0.05) is 12.1 Å². The summed E-state index contributed by atoms with van der Waals surface area (Å²) in [6.07, 6.45) is 0. The van der Waals surface area contributed by atoms with Crippen molar-refractivity contribution in [3.8, 4) is 5.75 Å². The lowest BCUT2D eigenvalue weighted by molar-refractivity contribution is -0.116. The third-order valence-electron chi connectivity index (χ3n) is 4.19. The maximum absolute atomic E-state index is 12.6. The van der Waals surface area contributed by atoms with Crippen LogP contribution in [0.4, 0.5) is 16.2 Å². The molecule has 6 heteroatoms. The van der Waals surface area contributed by atoms with E-state index in [0.717, 1.165) is 22.7 Å². The van der Waals surface area contributed by atoms with E-state index < -0.39 is 0 Å². The summed E-state index contributed by atoms with van der Waals surface area (Å²) < 4.78 is 5.42. The summed E-state index contributed by atoms with van der Waals surface area (Å²) in [6.45, 7) is 5.62. The summed E-state index contributed by atoms with van der Waals surface area (Å²) >= 11 is 0. The summed E-state index contributed by atoms with van der Waals surface area (Å²) in [5.41, 5.74) is 2.62. The Morgan fingerprint density at radius 3 is 2.62 bits per heavy atom. The Kier molecular flexibility index (Phi) is 5.41. The predicted octanol–water partition coefficient (Wildman–Crippen LogP) is 3.27. The molecular weight excluding hydrogens is 330 g/mol. The van der Waals surface area contributed by atoms with Gasteiger partial charge in [0.15, 0.2) is 0 Å². The van der Waals surface area contributed by atoms with Crippen LogP contribution in [0.15, 0.2) is 48.5 Å². The van der Waals surface area contributed by atoms with Crippen LogP contribution in [0.5, 0.6) is 5.75 Å². The lowest BCUT2D eigenvalue weighted by Crippen LogP contribution is -2.37. The average Bonchev–Trinajstić information content (AvgIpc) is 2.96. The number of hydrogen-bond donors (Lipinski definition) is 1. The summed E-state index contributed by atoms with van der Waals surface area (Å²) in [6, 6.07) is 14.8. The second-order valence-corrected chi connectivity index (χ2v) is 6.20.